The van der Waals surface area contributed by atoms with Gasteiger partial charge in [-0.3, -0.25) is 15.2 Å². The van der Waals surface area contributed by atoms with E-state index in [-0.39, 0.29) is 11.6 Å². The van der Waals surface area contributed by atoms with Crippen molar-refractivity contribution in [3.05, 3.63) is 59.9 Å². The lowest BCUT2D eigenvalue weighted by Crippen LogP contribution is -2.42. The van der Waals surface area contributed by atoms with Crippen molar-refractivity contribution < 1.29 is 14.3 Å². The van der Waals surface area contributed by atoms with Gasteiger partial charge in [-0.2, -0.15) is 0 Å². The van der Waals surface area contributed by atoms with Crippen LogP contribution in [0.25, 0.3) is 5.69 Å². The second-order valence-electron chi connectivity index (χ2n) is 6.40. The van der Waals surface area contributed by atoms with Crippen LogP contribution in [0.2, 0.25) is 0 Å². The maximum Gasteiger partial charge on any atom is 0.291 e. The zero-order chi connectivity index (χ0) is 19.5. The molecule has 0 aliphatic carbocycles. The number of aryl methyl sites for hydroxylation is 1. The molecule has 8 heteroatoms. The third-order valence-corrected chi connectivity index (χ3v) is 4.41. The van der Waals surface area contributed by atoms with Gasteiger partial charge in [-0.1, -0.05) is 22.9 Å². The van der Waals surface area contributed by atoms with E-state index in [0.29, 0.717) is 31.3 Å². The Balaban J connectivity index is 1.50. The number of ether oxygens (including phenoxy) is 2. The fourth-order valence-electron chi connectivity index (χ4n) is 2.90. The minimum atomic E-state index is -0.328. The van der Waals surface area contributed by atoms with Gasteiger partial charge in [0.05, 0.1) is 17.6 Å². The number of nitrogens with zero attached hydrogens (tertiary/aromatic N) is 4. The van der Waals surface area contributed by atoms with E-state index in [0.717, 1.165) is 16.9 Å². The van der Waals surface area contributed by atoms with Gasteiger partial charge in [0.1, 0.15) is 13.2 Å². The number of aromatic nitrogens is 3. The number of hydrogen-bond donors (Lipinski definition) is 1. The maximum absolute atomic E-state index is 12.6. The molecule has 0 spiro atoms. The lowest BCUT2D eigenvalue weighted by Gasteiger charge is -2.23. The van der Waals surface area contributed by atoms with Crippen molar-refractivity contribution in [3.63, 3.8) is 0 Å². The van der Waals surface area contributed by atoms with Crippen molar-refractivity contribution >= 4 is 11.6 Å². The van der Waals surface area contributed by atoms with Crippen LogP contribution in [0.1, 0.15) is 23.0 Å². The lowest BCUT2D eigenvalue weighted by molar-refractivity contribution is 0.0944. The highest BCUT2D eigenvalue weighted by molar-refractivity contribution is 5.93. The smallest absolute Gasteiger partial charge is 0.291 e. The largest absolute Gasteiger partial charge is 0.486 e. The summed E-state index contributed by atoms with van der Waals surface area (Å²) in [4.78, 5) is 12.6. The van der Waals surface area contributed by atoms with Crippen LogP contribution in [0.5, 0.6) is 11.5 Å². The van der Waals surface area contributed by atoms with Crippen molar-refractivity contribution in [1.82, 2.24) is 20.4 Å². The van der Waals surface area contributed by atoms with Crippen molar-refractivity contribution in [2.24, 2.45) is 0 Å². The predicted molar refractivity (Wildman–Crippen MR) is 104 cm³/mol. The first kappa shape index (κ1) is 17.8. The average molecular weight is 379 g/mol. The highest BCUT2D eigenvalue weighted by Crippen LogP contribution is 2.31. The topological polar surface area (TPSA) is 81.5 Å². The van der Waals surface area contributed by atoms with Gasteiger partial charge in [-0.05, 0) is 38.1 Å². The molecule has 3 aromatic rings. The first-order chi connectivity index (χ1) is 13.6. The van der Waals surface area contributed by atoms with Crippen molar-refractivity contribution in [2.45, 2.75) is 13.8 Å². The summed E-state index contributed by atoms with van der Waals surface area (Å²) in [5.41, 5.74) is 5.89. The van der Waals surface area contributed by atoms with E-state index in [1.807, 2.05) is 56.3 Å². The summed E-state index contributed by atoms with van der Waals surface area (Å²) in [6.45, 7) is 5.65. The zero-order valence-corrected chi connectivity index (χ0v) is 15.8. The Morgan fingerprint density at radius 3 is 2.64 bits per heavy atom. The monoisotopic (exact) mass is 379 g/mol. The Labute approximate surface area is 162 Å². The molecule has 4 rings (SSSR count). The summed E-state index contributed by atoms with van der Waals surface area (Å²) in [6.07, 6.45) is 1.59. The van der Waals surface area contributed by atoms with Crippen LogP contribution in [0, 0.1) is 6.92 Å². The van der Waals surface area contributed by atoms with E-state index in [1.165, 1.54) is 4.68 Å². The van der Waals surface area contributed by atoms with E-state index in [4.69, 9.17) is 9.47 Å². The van der Waals surface area contributed by atoms with Crippen LogP contribution >= 0.6 is 0 Å². The van der Waals surface area contributed by atoms with Gasteiger partial charge in [0, 0.05) is 12.6 Å². The SMILES string of the molecule is CCN(NC(=O)c1cn(-c2ccc3c(c2)OCCO3)nn1)c1ccc(C)cc1. The molecule has 0 fully saturated rings. The molecule has 0 radical (unpaired) electrons. The highest BCUT2D eigenvalue weighted by atomic mass is 16.6. The second-order valence-corrected chi connectivity index (χ2v) is 6.40. The minimum Gasteiger partial charge on any atom is -0.486 e. The van der Waals surface area contributed by atoms with Crippen molar-refractivity contribution in [2.75, 3.05) is 24.8 Å². The van der Waals surface area contributed by atoms with Crippen LogP contribution in [0.3, 0.4) is 0 Å². The predicted octanol–water partition coefficient (Wildman–Crippen LogP) is 2.52. The number of hydrogen-bond acceptors (Lipinski definition) is 6. The fraction of sp³-hybridized carbons (Fsp3) is 0.250. The number of carbonyl (C=O) groups is 1. The third kappa shape index (κ3) is 3.62. The van der Waals surface area contributed by atoms with Gasteiger partial charge < -0.3 is 9.47 Å². The molecule has 0 atom stereocenters. The number of rotatable bonds is 5. The van der Waals surface area contributed by atoms with E-state index in [2.05, 4.69) is 15.7 Å². The lowest BCUT2D eigenvalue weighted by atomic mass is 10.2. The Morgan fingerprint density at radius 1 is 1.14 bits per heavy atom. The van der Waals surface area contributed by atoms with Crippen LogP contribution < -0.4 is 19.9 Å². The maximum atomic E-state index is 12.6. The molecule has 144 valence electrons. The molecule has 2 aromatic carbocycles. The second kappa shape index (κ2) is 7.59. The molecule has 1 N–H and O–H groups in total. The normalized spacial score (nSPS) is 12.5. The Hall–Kier alpha value is -3.55. The van der Waals surface area contributed by atoms with Gasteiger partial charge in [0.15, 0.2) is 17.2 Å². The third-order valence-electron chi connectivity index (χ3n) is 4.41. The number of fused-ring (bicyclic) bond motifs is 1. The van der Waals surface area contributed by atoms with E-state index < -0.39 is 0 Å². The summed E-state index contributed by atoms with van der Waals surface area (Å²) in [7, 11) is 0. The van der Waals surface area contributed by atoms with E-state index >= 15 is 0 Å². The van der Waals surface area contributed by atoms with Crippen molar-refractivity contribution in [3.8, 4) is 17.2 Å². The molecule has 2 heterocycles. The summed E-state index contributed by atoms with van der Waals surface area (Å²) in [6, 6.07) is 13.4. The highest BCUT2D eigenvalue weighted by Gasteiger charge is 2.17. The number of nitrogens with one attached hydrogen (secondary N) is 1. The summed E-state index contributed by atoms with van der Waals surface area (Å²) >= 11 is 0. The summed E-state index contributed by atoms with van der Waals surface area (Å²) in [5, 5.41) is 9.84. The Kier molecular flexibility index (Phi) is 4.84. The van der Waals surface area contributed by atoms with Crippen molar-refractivity contribution in [1.29, 1.82) is 0 Å². The van der Waals surface area contributed by atoms with Crippen LogP contribution in [0.4, 0.5) is 5.69 Å². The minimum absolute atomic E-state index is 0.223. The van der Waals surface area contributed by atoms with Crippen LogP contribution in [-0.2, 0) is 0 Å². The molecule has 0 saturated carbocycles. The number of carbonyl (C=O) groups excluding carboxylic acids is 1. The number of benzene rings is 2. The standard InChI is InChI=1S/C20H21N5O3/c1-3-24(15-6-4-14(2)5-7-15)22-20(26)17-13-25(23-21-17)16-8-9-18-19(12-16)28-11-10-27-18/h4-9,12-13H,3,10-11H2,1-2H3,(H,22,26). The molecular formula is C20H21N5O3. The summed E-state index contributed by atoms with van der Waals surface area (Å²) < 4.78 is 12.7. The molecule has 0 bridgehead atoms. The molecule has 1 aliphatic heterocycles. The fourth-order valence-corrected chi connectivity index (χ4v) is 2.90. The zero-order valence-electron chi connectivity index (χ0n) is 15.8. The van der Waals surface area contributed by atoms with Crippen LogP contribution in [0.15, 0.2) is 48.7 Å². The Bertz CT molecular complexity index is 984. The van der Waals surface area contributed by atoms with Gasteiger partial charge in [0.2, 0.25) is 0 Å². The molecule has 8 nitrogen and oxygen atoms in total. The molecule has 0 unspecified atom stereocenters. The number of hydrazine groups is 1. The van der Waals surface area contributed by atoms with Gasteiger partial charge in [-0.15, -0.1) is 5.10 Å². The molecule has 28 heavy (non-hydrogen) atoms. The molecular weight excluding hydrogens is 358 g/mol. The first-order valence-corrected chi connectivity index (χ1v) is 9.11. The van der Waals surface area contributed by atoms with Gasteiger partial charge in [-0.25, -0.2) is 4.68 Å². The summed E-state index contributed by atoms with van der Waals surface area (Å²) in [5.74, 6) is 1.03. The Morgan fingerprint density at radius 2 is 1.89 bits per heavy atom. The van der Waals surface area contributed by atoms with Gasteiger partial charge in [0.25, 0.3) is 5.91 Å². The molecule has 1 aromatic heterocycles. The van der Waals surface area contributed by atoms with Crippen LogP contribution in [-0.4, -0.2) is 40.7 Å². The van der Waals surface area contributed by atoms with E-state index in [1.54, 1.807) is 11.2 Å². The molecule has 0 saturated heterocycles. The quantitative estimate of drug-likeness (QED) is 0.686. The van der Waals surface area contributed by atoms with Gasteiger partial charge >= 0.3 is 0 Å². The number of anilines is 1. The average Bonchev–Trinajstić information content (AvgIpc) is 3.23. The first-order valence-electron chi connectivity index (χ1n) is 9.11. The van der Waals surface area contributed by atoms with E-state index in [9.17, 15) is 4.79 Å². The molecule has 1 amide bonds. The molecule has 1 aliphatic rings. The number of amides is 1.